The van der Waals surface area contributed by atoms with E-state index in [0.29, 0.717) is 12.1 Å². The lowest BCUT2D eigenvalue weighted by molar-refractivity contribution is -0.383. The average molecular weight is 429 g/mol. The first kappa shape index (κ1) is 21.2. The van der Waals surface area contributed by atoms with E-state index in [1.54, 1.807) is 19.1 Å². The molecule has 2 amide bonds. The third-order valence-corrected chi connectivity index (χ3v) is 5.62. The number of carbonyl (C=O) groups excluding carboxylic acids is 2. The van der Waals surface area contributed by atoms with Crippen LogP contribution in [-0.2, 0) is 16.0 Å². The lowest BCUT2D eigenvalue weighted by atomic mass is 9.98. The van der Waals surface area contributed by atoms with Crippen LogP contribution in [0, 0.1) is 16.0 Å². The number of rotatable bonds is 7. The summed E-state index contributed by atoms with van der Waals surface area (Å²) in [6.45, 7) is 1.68. The van der Waals surface area contributed by atoms with Crippen molar-refractivity contribution in [3.05, 3.63) is 100 Å². The van der Waals surface area contributed by atoms with Crippen LogP contribution in [0.15, 0.2) is 78.9 Å². The molecule has 3 aromatic carbocycles. The first-order chi connectivity index (χ1) is 15.4. The van der Waals surface area contributed by atoms with Gasteiger partial charge in [-0.3, -0.25) is 24.6 Å². The highest BCUT2D eigenvalue weighted by molar-refractivity contribution is 6.21. The van der Waals surface area contributed by atoms with Gasteiger partial charge in [0.1, 0.15) is 5.69 Å². The number of imide groups is 1. The number of nitro benzene ring substituents is 1. The molecule has 1 saturated heterocycles. The molecule has 0 aromatic heterocycles. The highest BCUT2D eigenvalue weighted by atomic mass is 16.6. The smallest absolute Gasteiger partial charge is 0.294 e. The van der Waals surface area contributed by atoms with E-state index in [4.69, 9.17) is 0 Å². The molecule has 0 unspecified atom stereocenters. The summed E-state index contributed by atoms with van der Waals surface area (Å²) in [5.41, 5.74) is 2.46. The highest BCUT2D eigenvalue weighted by Gasteiger charge is 2.37. The first-order valence-electron chi connectivity index (χ1n) is 10.4. The maximum Gasteiger partial charge on any atom is 0.294 e. The molecule has 162 valence electrons. The molecule has 1 fully saturated rings. The molecular weight excluding hydrogens is 406 g/mol. The zero-order valence-electron chi connectivity index (χ0n) is 17.6. The molecule has 3 aromatic rings. The number of anilines is 2. The number of benzene rings is 3. The van der Waals surface area contributed by atoms with Crippen molar-refractivity contribution in [1.82, 2.24) is 0 Å². The van der Waals surface area contributed by atoms with Gasteiger partial charge in [-0.15, -0.1) is 0 Å². The third kappa shape index (κ3) is 4.37. The van der Waals surface area contributed by atoms with Crippen LogP contribution in [0.1, 0.15) is 30.5 Å². The minimum Gasteiger partial charge on any atom is -0.372 e. The van der Waals surface area contributed by atoms with Crippen molar-refractivity contribution >= 4 is 28.9 Å². The predicted molar refractivity (Wildman–Crippen MR) is 122 cm³/mol. The van der Waals surface area contributed by atoms with Crippen LogP contribution >= 0.6 is 0 Å². The zero-order valence-corrected chi connectivity index (χ0v) is 17.6. The van der Waals surface area contributed by atoms with Crippen LogP contribution in [0.4, 0.5) is 17.1 Å². The van der Waals surface area contributed by atoms with Gasteiger partial charge in [0, 0.05) is 18.4 Å². The number of hydrogen-bond donors (Lipinski definition) is 1. The Balaban J connectivity index is 1.68. The Morgan fingerprint density at radius 1 is 1.03 bits per heavy atom. The van der Waals surface area contributed by atoms with Gasteiger partial charge in [0.25, 0.3) is 5.69 Å². The second-order valence-electron chi connectivity index (χ2n) is 7.93. The normalized spacial score (nSPS) is 16.8. The largest absolute Gasteiger partial charge is 0.372 e. The van der Waals surface area contributed by atoms with E-state index in [1.165, 1.54) is 6.07 Å². The number of amides is 2. The molecule has 0 bridgehead atoms. The fraction of sp³-hybridized carbons (Fsp3) is 0.200. The molecule has 7 heteroatoms. The Labute approximate surface area is 185 Å². The summed E-state index contributed by atoms with van der Waals surface area (Å²) in [5, 5.41) is 15.2. The SMILES string of the molecule is C[C@@H]1CC(=O)N(c2ccc(N[C@@H](Cc3ccccc3)c3ccccc3)c([N+](=O)[O-])c2)C1=O. The van der Waals surface area contributed by atoms with Crippen LogP contribution in [0.25, 0.3) is 0 Å². The van der Waals surface area contributed by atoms with E-state index in [1.807, 2.05) is 60.7 Å². The number of hydrogen-bond acceptors (Lipinski definition) is 5. The van der Waals surface area contributed by atoms with E-state index in [2.05, 4.69) is 5.32 Å². The average Bonchev–Trinajstić information content (AvgIpc) is 3.06. The lowest BCUT2D eigenvalue weighted by Crippen LogP contribution is -2.30. The van der Waals surface area contributed by atoms with E-state index in [-0.39, 0.29) is 35.7 Å². The minimum atomic E-state index is -0.495. The van der Waals surface area contributed by atoms with Crippen molar-refractivity contribution in [2.45, 2.75) is 25.8 Å². The number of nitro groups is 1. The molecule has 4 rings (SSSR count). The Bertz CT molecular complexity index is 1150. The molecule has 7 nitrogen and oxygen atoms in total. The van der Waals surface area contributed by atoms with Crippen molar-refractivity contribution in [3.8, 4) is 0 Å². The van der Waals surface area contributed by atoms with Gasteiger partial charge in [0.2, 0.25) is 11.8 Å². The number of nitrogens with one attached hydrogen (secondary N) is 1. The molecule has 32 heavy (non-hydrogen) atoms. The summed E-state index contributed by atoms with van der Waals surface area (Å²) >= 11 is 0. The standard InChI is InChI=1S/C25H23N3O4/c1-17-14-24(29)27(25(17)30)20-12-13-21(23(16-20)28(31)32)26-22(19-10-6-3-7-11-19)15-18-8-4-2-5-9-18/h2-13,16-17,22,26H,14-15H2,1H3/t17-,22+/m1/s1. The fourth-order valence-corrected chi connectivity index (χ4v) is 3.96. The molecule has 0 aliphatic carbocycles. The third-order valence-electron chi connectivity index (χ3n) is 5.62. The summed E-state index contributed by atoms with van der Waals surface area (Å²) in [4.78, 5) is 37.0. The topological polar surface area (TPSA) is 92.6 Å². The maximum atomic E-state index is 12.4. The van der Waals surface area contributed by atoms with Crippen molar-refractivity contribution in [2.75, 3.05) is 10.2 Å². The fourth-order valence-electron chi connectivity index (χ4n) is 3.96. The minimum absolute atomic E-state index is 0.111. The highest BCUT2D eigenvalue weighted by Crippen LogP contribution is 2.35. The Morgan fingerprint density at radius 2 is 1.69 bits per heavy atom. The van der Waals surface area contributed by atoms with Gasteiger partial charge < -0.3 is 5.32 Å². The van der Waals surface area contributed by atoms with E-state index in [0.717, 1.165) is 16.0 Å². The van der Waals surface area contributed by atoms with Gasteiger partial charge in [-0.05, 0) is 29.7 Å². The molecule has 1 N–H and O–H groups in total. The Morgan fingerprint density at radius 3 is 2.28 bits per heavy atom. The summed E-state index contributed by atoms with van der Waals surface area (Å²) in [5.74, 6) is -1.10. The van der Waals surface area contributed by atoms with Gasteiger partial charge in [0.15, 0.2) is 0 Å². The molecule has 2 atom stereocenters. The lowest BCUT2D eigenvalue weighted by Gasteiger charge is -2.22. The molecular formula is C25H23N3O4. The summed E-state index contributed by atoms with van der Waals surface area (Å²) < 4.78 is 0. The Hall–Kier alpha value is -4.00. The van der Waals surface area contributed by atoms with E-state index >= 15 is 0 Å². The van der Waals surface area contributed by atoms with Crippen LogP contribution in [0.2, 0.25) is 0 Å². The summed E-state index contributed by atoms with van der Waals surface area (Å²) in [6, 6.07) is 23.8. The predicted octanol–water partition coefficient (Wildman–Crippen LogP) is 4.89. The summed E-state index contributed by atoms with van der Waals surface area (Å²) in [7, 11) is 0. The van der Waals surface area contributed by atoms with Gasteiger partial charge in [-0.2, -0.15) is 0 Å². The van der Waals surface area contributed by atoms with Gasteiger partial charge >= 0.3 is 0 Å². The second-order valence-corrected chi connectivity index (χ2v) is 7.93. The van der Waals surface area contributed by atoms with Gasteiger partial charge in [-0.1, -0.05) is 67.6 Å². The van der Waals surface area contributed by atoms with Crippen LogP contribution in [-0.4, -0.2) is 16.7 Å². The van der Waals surface area contributed by atoms with Gasteiger partial charge in [0.05, 0.1) is 16.7 Å². The maximum absolute atomic E-state index is 12.4. The molecule has 0 radical (unpaired) electrons. The molecule has 1 aliphatic rings. The van der Waals surface area contributed by atoms with Crippen LogP contribution < -0.4 is 10.2 Å². The zero-order chi connectivity index (χ0) is 22.7. The molecule has 1 aliphatic heterocycles. The van der Waals surface area contributed by atoms with Crippen molar-refractivity contribution in [2.24, 2.45) is 5.92 Å². The quantitative estimate of drug-likeness (QED) is 0.328. The summed E-state index contributed by atoms with van der Waals surface area (Å²) in [6.07, 6.45) is 0.740. The van der Waals surface area contributed by atoms with E-state index < -0.39 is 10.8 Å². The van der Waals surface area contributed by atoms with Crippen molar-refractivity contribution in [1.29, 1.82) is 0 Å². The number of carbonyl (C=O) groups is 2. The van der Waals surface area contributed by atoms with E-state index in [9.17, 15) is 19.7 Å². The van der Waals surface area contributed by atoms with Crippen molar-refractivity contribution in [3.63, 3.8) is 0 Å². The molecule has 0 saturated carbocycles. The van der Waals surface area contributed by atoms with Gasteiger partial charge in [-0.25, -0.2) is 0 Å². The Kier molecular flexibility index (Phi) is 5.98. The first-order valence-corrected chi connectivity index (χ1v) is 10.4. The monoisotopic (exact) mass is 429 g/mol. The molecule has 1 heterocycles. The number of nitrogens with zero attached hydrogens (tertiary/aromatic N) is 2. The second kappa shape index (κ2) is 9.01. The van der Waals surface area contributed by atoms with Crippen LogP contribution in [0.5, 0.6) is 0 Å². The molecule has 0 spiro atoms. The van der Waals surface area contributed by atoms with Crippen molar-refractivity contribution < 1.29 is 14.5 Å². The van der Waals surface area contributed by atoms with Crippen LogP contribution in [0.3, 0.4) is 0 Å².